The molecule has 0 aliphatic carbocycles. The van der Waals surface area contributed by atoms with E-state index in [1.807, 2.05) is 0 Å². The van der Waals surface area contributed by atoms with Crippen molar-refractivity contribution < 1.29 is 13.2 Å². The van der Waals surface area contributed by atoms with Gasteiger partial charge in [0.05, 0.1) is 11.3 Å². The average Bonchev–Trinajstić information content (AvgIpc) is 3.18. The first-order valence-electron chi connectivity index (χ1n) is 12.4. The van der Waals surface area contributed by atoms with E-state index < -0.39 is 11.7 Å². The predicted octanol–water partition coefficient (Wildman–Crippen LogP) is 4.67. The Morgan fingerprint density at radius 3 is 2.30 bits per heavy atom. The number of hydrogen-bond donors (Lipinski definition) is 0. The number of aromatic nitrogens is 2. The van der Waals surface area contributed by atoms with Crippen LogP contribution < -0.4 is 4.90 Å². The lowest BCUT2D eigenvalue weighted by molar-refractivity contribution is -0.136. The third-order valence-electron chi connectivity index (χ3n) is 7.97. The summed E-state index contributed by atoms with van der Waals surface area (Å²) < 4.78 is 40.4. The number of piperidine rings is 2. The molecule has 0 bridgehead atoms. The van der Waals surface area contributed by atoms with E-state index in [4.69, 9.17) is 0 Å². The van der Waals surface area contributed by atoms with Crippen LogP contribution in [0.4, 0.5) is 18.9 Å². The van der Waals surface area contributed by atoms with Crippen molar-refractivity contribution in [3.8, 4) is 0 Å². The van der Waals surface area contributed by atoms with Gasteiger partial charge in [0.1, 0.15) is 11.0 Å². The number of likely N-dealkylation sites (tertiary alicyclic amines) is 2. The fourth-order valence-corrected chi connectivity index (χ4v) is 6.08. The molecule has 33 heavy (non-hydrogen) atoms. The van der Waals surface area contributed by atoms with Gasteiger partial charge in [0.2, 0.25) is 0 Å². The van der Waals surface area contributed by atoms with Gasteiger partial charge in [-0.3, -0.25) is 9.97 Å². The zero-order valence-corrected chi connectivity index (χ0v) is 19.4. The quantitative estimate of drug-likeness (QED) is 0.661. The lowest BCUT2D eigenvalue weighted by atomic mass is 9.95. The number of anilines is 1. The van der Waals surface area contributed by atoms with E-state index in [-0.39, 0.29) is 5.52 Å². The maximum atomic E-state index is 13.5. The summed E-state index contributed by atoms with van der Waals surface area (Å²) in [4.78, 5) is 15.9. The van der Waals surface area contributed by atoms with Crippen LogP contribution in [0.25, 0.3) is 11.0 Å². The highest BCUT2D eigenvalue weighted by atomic mass is 19.4. The summed E-state index contributed by atoms with van der Waals surface area (Å²) in [5.41, 5.74) is 0.347. The fourth-order valence-electron chi connectivity index (χ4n) is 6.08. The molecule has 1 aromatic heterocycles. The zero-order valence-electron chi connectivity index (χ0n) is 19.4. The molecule has 8 heteroatoms. The molecule has 0 radical (unpaired) electrons. The second-order valence-corrected chi connectivity index (χ2v) is 10.2. The number of hydrogen-bond acceptors (Lipinski definition) is 5. The Balaban J connectivity index is 1.24. The number of halogens is 3. The minimum absolute atomic E-state index is 0.0570. The van der Waals surface area contributed by atoms with E-state index in [2.05, 4.69) is 31.6 Å². The molecular weight excluding hydrogens is 427 g/mol. The van der Waals surface area contributed by atoms with Gasteiger partial charge in [0.15, 0.2) is 0 Å². The Hall–Kier alpha value is -1.93. The highest BCUT2D eigenvalue weighted by Crippen LogP contribution is 2.39. The maximum absolute atomic E-state index is 13.5. The first-order valence-corrected chi connectivity index (χ1v) is 12.4. The molecule has 0 amide bonds. The Morgan fingerprint density at radius 1 is 0.909 bits per heavy atom. The van der Waals surface area contributed by atoms with E-state index in [1.165, 1.54) is 57.6 Å². The van der Waals surface area contributed by atoms with Crippen LogP contribution in [0.3, 0.4) is 0 Å². The van der Waals surface area contributed by atoms with Gasteiger partial charge in [-0.25, -0.2) is 0 Å². The molecule has 2 aromatic rings. The van der Waals surface area contributed by atoms with Crippen molar-refractivity contribution in [3.05, 3.63) is 30.1 Å². The molecule has 0 N–H and O–H groups in total. The molecule has 3 aliphatic rings. The SMILES string of the molecule is C[C@H]1CN(c2ccc(C(F)(F)F)c3nccnc23)C[C@@H]1CN1CCC(N2CCCCC2)CC1. The third kappa shape index (κ3) is 4.83. The van der Waals surface area contributed by atoms with Gasteiger partial charge in [0.25, 0.3) is 0 Å². The van der Waals surface area contributed by atoms with Crippen LogP contribution in [0.5, 0.6) is 0 Å². The van der Waals surface area contributed by atoms with E-state index in [1.54, 1.807) is 6.07 Å². The number of benzene rings is 1. The Bertz CT molecular complexity index is 951. The van der Waals surface area contributed by atoms with Crippen molar-refractivity contribution in [1.29, 1.82) is 0 Å². The van der Waals surface area contributed by atoms with E-state index >= 15 is 0 Å². The van der Waals surface area contributed by atoms with Gasteiger partial charge in [-0.1, -0.05) is 13.3 Å². The summed E-state index contributed by atoms with van der Waals surface area (Å²) in [7, 11) is 0. The number of alkyl halides is 3. The smallest absolute Gasteiger partial charge is 0.369 e. The zero-order chi connectivity index (χ0) is 23.0. The largest absolute Gasteiger partial charge is 0.418 e. The molecule has 180 valence electrons. The molecule has 0 saturated carbocycles. The van der Waals surface area contributed by atoms with Crippen molar-refractivity contribution in [1.82, 2.24) is 19.8 Å². The normalized spacial score (nSPS) is 26.4. The Labute approximate surface area is 194 Å². The van der Waals surface area contributed by atoms with Crippen LogP contribution in [0.15, 0.2) is 24.5 Å². The molecule has 5 nitrogen and oxygen atoms in total. The molecule has 0 spiro atoms. The van der Waals surface area contributed by atoms with Crippen LogP contribution in [-0.2, 0) is 6.18 Å². The van der Waals surface area contributed by atoms with Crippen molar-refractivity contribution in [2.24, 2.45) is 11.8 Å². The second kappa shape index (κ2) is 9.37. The summed E-state index contributed by atoms with van der Waals surface area (Å²) in [6.07, 6.45) is 4.96. The molecule has 3 aliphatic heterocycles. The Kier molecular flexibility index (Phi) is 6.49. The van der Waals surface area contributed by atoms with Crippen molar-refractivity contribution in [2.75, 3.05) is 50.7 Å². The van der Waals surface area contributed by atoms with Crippen molar-refractivity contribution in [2.45, 2.75) is 51.2 Å². The summed E-state index contributed by atoms with van der Waals surface area (Å²) in [5.74, 6) is 0.990. The lowest BCUT2D eigenvalue weighted by Crippen LogP contribution is -2.47. The molecule has 1 aromatic carbocycles. The van der Waals surface area contributed by atoms with E-state index in [0.29, 0.717) is 17.4 Å². The number of nitrogens with zero attached hydrogens (tertiary/aromatic N) is 5. The summed E-state index contributed by atoms with van der Waals surface area (Å²) in [5, 5.41) is 0. The predicted molar refractivity (Wildman–Crippen MR) is 124 cm³/mol. The summed E-state index contributed by atoms with van der Waals surface area (Å²) in [6, 6.07) is 3.49. The minimum Gasteiger partial charge on any atom is -0.369 e. The monoisotopic (exact) mass is 461 g/mol. The standard InChI is InChI=1S/C25H34F3N5/c1-18-15-33(22-6-5-21(25(26,27)28)23-24(22)30-10-9-29-23)17-19(18)16-31-13-7-20(8-14-31)32-11-3-2-4-12-32/h5-6,9-10,18-20H,2-4,7-8,11-17H2,1H3/t18-,19-/m0/s1. The van der Waals surface area contributed by atoms with Gasteiger partial charge >= 0.3 is 6.18 Å². The Morgan fingerprint density at radius 2 is 1.61 bits per heavy atom. The maximum Gasteiger partial charge on any atom is 0.418 e. The lowest BCUT2D eigenvalue weighted by Gasteiger charge is -2.41. The molecule has 3 saturated heterocycles. The topological polar surface area (TPSA) is 35.5 Å². The van der Waals surface area contributed by atoms with E-state index in [9.17, 15) is 13.2 Å². The van der Waals surface area contributed by atoms with Gasteiger partial charge in [0, 0.05) is 38.1 Å². The van der Waals surface area contributed by atoms with Gasteiger partial charge in [-0.05, 0) is 75.8 Å². The van der Waals surface area contributed by atoms with Crippen molar-refractivity contribution in [3.63, 3.8) is 0 Å². The molecular formula is C25H34F3N5. The van der Waals surface area contributed by atoms with Crippen molar-refractivity contribution >= 4 is 16.7 Å². The van der Waals surface area contributed by atoms with Gasteiger partial charge in [-0.2, -0.15) is 13.2 Å². The average molecular weight is 462 g/mol. The van der Waals surface area contributed by atoms with Crippen LogP contribution in [0.1, 0.15) is 44.6 Å². The highest BCUT2D eigenvalue weighted by molar-refractivity contribution is 5.90. The van der Waals surface area contributed by atoms with Crippen LogP contribution >= 0.6 is 0 Å². The first-order chi connectivity index (χ1) is 15.9. The molecule has 0 unspecified atom stereocenters. The highest BCUT2D eigenvalue weighted by Gasteiger charge is 2.37. The van der Waals surface area contributed by atoms with E-state index in [0.717, 1.165) is 50.5 Å². The van der Waals surface area contributed by atoms with Crippen LogP contribution in [-0.4, -0.2) is 71.6 Å². The summed E-state index contributed by atoms with van der Waals surface area (Å²) >= 11 is 0. The third-order valence-corrected chi connectivity index (χ3v) is 7.97. The molecule has 4 heterocycles. The fraction of sp³-hybridized carbons (Fsp3) is 0.680. The molecule has 5 rings (SSSR count). The minimum atomic E-state index is -4.44. The number of fused-ring (bicyclic) bond motifs is 1. The van der Waals surface area contributed by atoms with Crippen LogP contribution in [0.2, 0.25) is 0 Å². The van der Waals surface area contributed by atoms with Gasteiger partial charge < -0.3 is 14.7 Å². The number of rotatable bonds is 4. The molecule has 3 fully saturated rings. The van der Waals surface area contributed by atoms with Crippen LogP contribution in [0, 0.1) is 11.8 Å². The second-order valence-electron chi connectivity index (χ2n) is 10.2. The summed E-state index contributed by atoms with van der Waals surface area (Å²) in [6.45, 7) is 9.86. The molecule has 2 atom stereocenters. The first kappa shape index (κ1) is 22.8. The van der Waals surface area contributed by atoms with Gasteiger partial charge in [-0.15, -0.1) is 0 Å².